The number of H-pyrrole nitrogens is 1. The minimum Gasteiger partial charge on any atom is -0.450 e. The molecule has 1 saturated heterocycles. The average Bonchev–Trinajstić information content (AvgIpc) is 3.41. The van der Waals surface area contributed by atoms with Gasteiger partial charge in [0.05, 0.1) is 25.9 Å². The Labute approximate surface area is 279 Å². The number of phosphoric ester groups is 1. The summed E-state index contributed by atoms with van der Waals surface area (Å²) in [6.45, 7) is 5.17. The first-order valence-electron chi connectivity index (χ1n) is 15.7. The van der Waals surface area contributed by atoms with Gasteiger partial charge in [-0.2, -0.15) is 0 Å². The van der Waals surface area contributed by atoms with Gasteiger partial charge in [0.1, 0.15) is 24.5 Å². The van der Waals surface area contributed by atoms with Crippen LogP contribution in [0.25, 0.3) is 0 Å². The van der Waals surface area contributed by atoms with E-state index in [1.165, 1.54) is 6.20 Å². The lowest BCUT2D eigenvalue weighted by Crippen LogP contribution is -2.58. The minimum absolute atomic E-state index is 0. The summed E-state index contributed by atoms with van der Waals surface area (Å²) in [4.78, 5) is 74.2. The van der Waals surface area contributed by atoms with E-state index in [1.54, 1.807) is 13.8 Å². The van der Waals surface area contributed by atoms with Crippen LogP contribution in [0.1, 0.15) is 84.9 Å². The van der Waals surface area contributed by atoms with Crippen LogP contribution >= 0.6 is 7.82 Å². The molecule has 3 amide bonds. The number of ether oxygens (including phenoxy) is 3. The second kappa shape index (κ2) is 21.6. The van der Waals surface area contributed by atoms with Crippen molar-refractivity contribution in [3.8, 4) is 0 Å². The Bertz CT molecular complexity index is 1320. The van der Waals surface area contributed by atoms with Crippen molar-refractivity contribution in [3.05, 3.63) is 32.6 Å². The lowest BCUT2D eigenvalue weighted by molar-refractivity contribution is -0.123. The van der Waals surface area contributed by atoms with Crippen molar-refractivity contribution in [2.45, 2.75) is 110 Å². The summed E-state index contributed by atoms with van der Waals surface area (Å²) in [5.41, 5.74) is -0.981. The highest BCUT2D eigenvalue weighted by Crippen LogP contribution is 2.47. The Kier molecular flexibility index (Phi) is 19.3. The fourth-order valence-electron chi connectivity index (χ4n) is 5.00. The van der Waals surface area contributed by atoms with Gasteiger partial charge in [-0.25, -0.2) is 18.9 Å². The van der Waals surface area contributed by atoms with E-state index in [-0.39, 0.29) is 27.1 Å². The second-order valence-corrected chi connectivity index (χ2v) is 12.2. The van der Waals surface area contributed by atoms with Crippen molar-refractivity contribution in [1.82, 2.24) is 25.5 Å². The van der Waals surface area contributed by atoms with Gasteiger partial charge < -0.3 is 40.2 Å². The molecule has 0 spiro atoms. The standard InChI is InChI=1S/C28H48N5O13P.CH4/c1-5-12-19(30-27(38)43-6-2)23(31-28(39)44-7-3)25(36)29-14-11-9-8-10-13-18-16-33(26(37)32-24(18)35)22-15-20(21(17-34)45-22)46-47(40,41)42-4;/h16,19-23,34H,5-15,17H2,1-4H3,(H,29,36)(H,30,38)(H,31,39)(H,40,41)(H,32,35,37);1H4/t19?,20-,21-,22-,23?;/m0./s1. The number of nitrogens with one attached hydrogen (secondary N) is 4. The van der Waals surface area contributed by atoms with Crippen LogP contribution in [0.3, 0.4) is 0 Å². The van der Waals surface area contributed by atoms with Gasteiger partial charge in [0, 0.05) is 31.8 Å². The van der Waals surface area contributed by atoms with Crippen molar-refractivity contribution >= 4 is 25.9 Å². The number of rotatable bonds is 20. The fourth-order valence-corrected chi connectivity index (χ4v) is 5.65. The predicted octanol–water partition coefficient (Wildman–Crippen LogP) is 1.83. The molecule has 1 aromatic rings. The van der Waals surface area contributed by atoms with E-state index in [0.29, 0.717) is 57.1 Å². The topological polar surface area (TPSA) is 246 Å². The van der Waals surface area contributed by atoms with Crippen LogP contribution in [-0.4, -0.2) is 95.4 Å². The number of carbonyl (C=O) groups is 3. The van der Waals surface area contributed by atoms with Crippen LogP contribution in [0, 0.1) is 0 Å². The van der Waals surface area contributed by atoms with Crippen molar-refractivity contribution in [2.75, 3.05) is 33.5 Å². The van der Waals surface area contributed by atoms with Gasteiger partial charge in [-0.3, -0.25) is 28.2 Å². The van der Waals surface area contributed by atoms with Gasteiger partial charge in [0.2, 0.25) is 5.91 Å². The van der Waals surface area contributed by atoms with Crippen LogP contribution in [0.15, 0.2) is 15.8 Å². The van der Waals surface area contributed by atoms with Crippen molar-refractivity contribution < 1.29 is 52.2 Å². The summed E-state index contributed by atoms with van der Waals surface area (Å²) in [6.07, 6.45) is 0.735. The highest BCUT2D eigenvalue weighted by molar-refractivity contribution is 7.47. The van der Waals surface area contributed by atoms with Gasteiger partial charge in [-0.05, 0) is 39.5 Å². The second-order valence-electron chi connectivity index (χ2n) is 10.7. The molecule has 0 saturated carbocycles. The maximum atomic E-state index is 13.1. The van der Waals surface area contributed by atoms with Crippen LogP contribution in [-0.2, 0) is 39.0 Å². The number of phosphoric acid groups is 1. The van der Waals surface area contributed by atoms with E-state index < -0.39 is 74.3 Å². The smallest absolute Gasteiger partial charge is 0.450 e. The number of hydrogen-bond donors (Lipinski definition) is 6. The molecule has 6 N–H and O–H groups in total. The van der Waals surface area contributed by atoms with E-state index in [9.17, 15) is 38.5 Å². The predicted molar refractivity (Wildman–Crippen MR) is 173 cm³/mol. The van der Waals surface area contributed by atoms with Gasteiger partial charge in [0.15, 0.2) is 0 Å². The minimum atomic E-state index is -4.38. The number of aromatic amines is 1. The maximum Gasteiger partial charge on any atom is 0.472 e. The molecule has 2 heterocycles. The van der Waals surface area contributed by atoms with Gasteiger partial charge >= 0.3 is 25.7 Å². The lowest BCUT2D eigenvalue weighted by Gasteiger charge is -2.27. The summed E-state index contributed by atoms with van der Waals surface area (Å²) in [7, 11) is -3.39. The molecule has 0 aromatic carbocycles. The SMILES string of the molecule is C.CCCC(NC(=O)OCC)C(NC(=O)OCC)C(=O)NCCCCCCc1cn([C@@H]2C[C@H](OP(=O)(O)OC)[C@H](CO)O2)c(=O)[nH]c1=O. The summed E-state index contributed by atoms with van der Waals surface area (Å²) < 4.78 is 38.0. The van der Waals surface area contributed by atoms with Crippen LogP contribution in [0.5, 0.6) is 0 Å². The molecular formula is C29H52N5O13P. The van der Waals surface area contributed by atoms with E-state index in [2.05, 4.69) is 25.5 Å². The van der Waals surface area contributed by atoms with Gasteiger partial charge in [-0.1, -0.05) is 33.6 Å². The lowest BCUT2D eigenvalue weighted by atomic mass is 10.0. The molecule has 1 aliphatic heterocycles. The Morgan fingerprint density at radius 2 is 1.73 bits per heavy atom. The van der Waals surface area contributed by atoms with Gasteiger partial charge in [-0.15, -0.1) is 0 Å². The third-order valence-corrected chi connectivity index (χ3v) is 8.29. The molecule has 1 aliphatic rings. The summed E-state index contributed by atoms with van der Waals surface area (Å²) in [5, 5.41) is 17.6. The molecule has 1 aromatic heterocycles. The Balaban J connectivity index is 0.0000115. The van der Waals surface area contributed by atoms with Gasteiger partial charge in [0.25, 0.3) is 5.56 Å². The van der Waals surface area contributed by atoms with E-state index in [0.717, 1.165) is 11.7 Å². The number of amides is 3. The molecular weight excluding hydrogens is 657 g/mol. The average molecular weight is 710 g/mol. The van der Waals surface area contributed by atoms with Crippen LogP contribution in [0.2, 0.25) is 0 Å². The number of aromatic nitrogens is 2. The third-order valence-electron chi connectivity index (χ3n) is 7.30. The normalized spacial score (nSPS) is 19.7. The molecule has 6 atom stereocenters. The first-order chi connectivity index (χ1) is 22.4. The highest BCUT2D eigenvalue weighted by Gasteiger charge is 2.41. The number of hydrogen-bond acceptors (Lipinski definition) is 12. The van der Waals surface area contributed by atoms with Crippen molar-refractivity contribution in [1.29, 1.82) is 0 Å². The number of unbranched alkanes of at least 4 members (excludes halogenated alkanes) is 3. The summed E-state index contributed by atoms with van der Waals surface area (Å²) in [6, 6.07) is -1.82. The van der Waals surface area contributed by atoms with E-state index in [4.69, 9.17) is 18.7 Å². The van der Waals surface area contributed by atoms with Crippen LogP contribution in [0.4, 0.5) is 9.59 Å². The number of aryl methyl sites for hydroxylation is 1. The number of nitrogens with zero attached hydrogens (tertiary/aromatic N) is 1. The maximum absolute atomic E-state index is 13.1. The number of aliphatic hydroxyl groups excluding tert-OH is 1. The first kappa shape index (κ1) is 42.7. The Hall–Kier alpha value is -3.28. The number of carbonyl (C=O) groups excluding carboxylic acids is 3. The number of aliphatic hydroxyl groups is 1. The Morgan fingerprint density at radius 3 is 2.33 bits per heavy atom. The van der Waals surface area contributed by atoms with Crippen molar-refractivity contribution in [3.63, 3.8) is 0 Å². The van der Waals surface area contributed by atoms with Crippen molar-refractivity contribution in [2.24, 2.45) is 0 Å². The summed E-state index contributed by atoms with van der Waals surface area (Å²) in [5.74, 6) is -0.490. The zero-order chi connectivity index (χ0) is 35.0. The molecule has 3 unspecified atom stereocenters. The molecule has 19 heteroatoms. The molecule has 1 fully saturated rings. The summed E-state index contributed by atoms with van der Waals surface area (Å²) >= 11 is 0. The first-order valence-corrected chi connectivity index (χ1v) is 17.2. The fraction of sp³-hybridized carbons (Fsp3) is 0.759. The van der Waals surface area contributed by atoms with E-state index in [1.807, 2.05) is 6.92 Å². The van der Waals surface area contributed by atoms with Crippen LogP contribution < -0.4 is 27.2 Å². The Morgan fingerprint density at radius 1 is 1.08 bits per heavy atom. The zero-order valence-electron chi connectivity index (χ0n) is 27.2. The van der Waals surface area contributed by atoms with E-state index >= 15 is 0 Å². The third kappa shape index (κ3) is 13.7. The molecule has 2 rings (SSSR count). The number of alkyl carbamates (subject to hydrolysis) is 2. The molecule has 48 heavy (non-hydrogen) atoms. The highest BCUT2D eigenvalue weighted by atomic mass is 31.2. The zero-order valence-corrected chi connectivity index (χ0v) is 28.1. The molecule has 276 valence electrons. The molecule has 0 aliphatic carbocycles. The monoisotopic (exact) mass is 709 g/mol. The molecule has 0 bridgehead atoms. The largest absolute Gasteiger partial charge is 0.472 e. The molecule has 0 radical (unpaired) electrons. The quantitative estimate of drug-likeness (QED) is 0.0837. The molecule has 18 nitrogen and oxygen atoms in total.